The predicted molar refractivity (Wildman–Crippen MR) is 78.3 cm³/mol. The summed E-state index contributed by atoms with van der Waals surface area (Å²) in [5, 5.41) is 1.12. The minimum Gasteiger partial charge on any atom is -0.461 e. The highest BCUT2D eigenvalue weighted by Gasteiger charge is 2.23. The van der Waals surface area contributed by atoms with Crippen molar-refractivity contribution in [2.24, 2.45) is 5.73 Å². The molecule has 4 nitrogen and oxygen atoms in total. The van der Waals surface area contributed by atoms with E-state index in [9.17, 15) is 4.79 Å². The molecule has 3 N–H and O–H groups in total. The first kappa shape index (κ1) is 13.2. The molecule has 1 atom stereocenters. The van der Waals surface area contributed by atoms with Crippen molar-refractivity contribution in [1.29, 1.82) is 0 Å². The SMILES string of the molecule is N[C@H](Cc1c[nH]c2ccccc12)C(=O)OC1CCCC1. The van der Waals surface area contributed by atoms with Gasteiger partial charge >= 0.3 is 5.97 Å². The third-order valence-electron chi connectivity index (χ3n) is 4.00. The molecule has 20 heavy (non-hydrogen) atoms. The largest absolute Gasteiger partial charge is 0.461 e. The molecule has 0 amide bonds. The van der Waals surface area contributed by atoms with Gasteiger partial charge in [0.2, 0.25) is 0 Å². The summed E-state index contributed by atoms with van der Waals surface area (Å²) in [6.07, 6.45) is 6.77. The van der Waals surface area contributed by atoms with Crippen molar-refractivity contribution in [3.63, 3.8) is 0 Å². The standard InChI is InChI=1S/C16H20N2O2/c17-14(16(19)20-12-5-1-2-6-12)9-11-10-18-15-8-4-3-7-13(11)15/h3-4,7-8,10,12,14,18H,1-2,5-6,9,17H2/t14-/m1/s1. The van der Waals surface area contributed by atoms with E-state index in [0.717, 1.165) is 42.1 Å². The van der Waals surface area contributed by atoms with Gasteiger partial charge in [-0.25, -0.2) is 0 Å². The first-order chi connectivity index (χ1) is 9.74. The summed E-state index contributed by atoms with van der Waals surface area (Å²) in [6, 6.07) is 7.44. The van der Waals surface area contributed by atoms with Gasteiger partial charge in [-0.2, -0.15) is 0 Å². The lowest BCUT2D eigenvalue weighted by molar-refractivity contribution is -0.150. The minimum atomic E-state index is -0.588. The Morgan fingerprint density at radius 2 is 2.10 bits per heavy atom. The van der Waals surface area contributed by atoms with Gasteiger partial charge in [-0.1, -0.05) is 18.2 Å². The number of rotatable bonds is 4. The first-order valence-electron chi connectivity index (χ1n) is 7.25. The zero-order valence-corrected chi connectivity index (χ0v) is 11.5. The van der Waals surface area contributed by atoms with Crippen molar-refractivity contribution in [3.05, 3.63) is 36.0 Å². The molecule has 0 spiro atoms. The molecule has 1 fully saturated rings. The van der Waals surface area contributed by atoms with E-state index in [1.54, 1.807) is 0 Å². The van der Waals surface area contributed by atoms with Crippen LogP contribution in [0.25, 0.3) is 10.9 Å². The molecule has 1 aromatic heterocycles. The second kappa shape index (κ2) is 5.67. The van der Waals surface area contributed by atoms with E-state index in [1.807, 2.05) is 30.5 Å². The van der Waals surface area contributed by atoms with Crippen LogP contribution in [-0.2, 0) is 16.0 Å². The zero-order valence-electron chi connectivity index (χ0n) is 11.5. The Balaban J connectivity index is 1.65. The van der Waals surface area contributed by atoms with E-state index in [1.165, 1.54) is 0 Å². The van der Waals surface area contributed by atoms with Crippen molar-refractivity contribution in [2.75, 3.05) is 0 Å². The number of hydrogen-bond donors (Lipinski definition) is 2. The van der Waals surface area contributed by atoms with E-state index in [2.05, 4.69) is 4.98 Å². The number of nitrogens with two attached hydrogens (primary N) is 1. The quantitative estimate of drug-likeness (QED) is 0.840. The number of hydrogen-bond acceptors (Lipinski definition) is 3. The maximum absolute atomic E-state index is 12.0. The smallest absolute Gasteiger partial charge is 0.323 e. The number of benzene rings is 1. The van der Waals surface area contributed by atoms with Crippen molar-refractivity contribution in [1.82, 2.24) is 4.98 Å². The van der Waals surface area contributed by atoms with Gasteiger partial charge in [0.25, 0.3) is 0 Å². The van der Waals surface area contributed by atoms with Crippen molar-refractivity contribution < 1.29 is 9.53 Å². The van der Waals surface area contributed by atoms with Crippen LogP contribution in [-0.4, -0.2) is 23.1 Å². The molecule has 0 bridgehead atoms. The Labute approximate surface area is 118 Å². The summed E-state index contributed by atoms with van der Waals surface area (Å²) < 4.78 is 5.46. The van der Waals surface area contributed by atoms with Crippen LogP contribution >= 0.6 is 0 Å². The van der Waals surface area contributed by atoms with Crippen molar-refractivity contribution in [3.8, 4) is 0 Å². The minimum absolute atomic E-state index is 0.0801. The molecule has 1 aromatic carbocycles. The number of nitrogens with one attached hydrogen (secondary N) is 1. The van der Waals surface area contributed by atoms with Crippen molar-refractivity contribution in [2.45, 2.75) is 44.2 Å². The summed E-state index contributed by atoms with van der Waals surface area (Å²) in [4.78, 5) is 15.2. The maximum Gasteiger partial charge on any atom is 0.323 e. The lowest BCUT2D eigenvalue weighted by atomic mass is 10.1. The normalized spacial score (nSPS) is 17.4. The maximum atomic E-state index is 12.0. The predicted octanol–water partition coefficient (Wildman–Crippen LogP) is 2.52. The van der Waals surface area contributed by atoms with Gasteiger partial charge in [0.05, 0.1) is 0 Å². The highest BCUT2D eigenvalue weighted by molar-refractivity contribution is 5.84. The van der Waals surface area contributed by atoms with Crippen LogP contribution in [0.15, 0.2) is 30.5 Å². The molecule has 1 aliphatic rings. The molecule has 3 rings (SSSR count). The number of aromatic nitrogens is 1. The molecule has 1 saturated carbocycles. The fourth-order valence-corrected chi connectivity index (χ4v) is 2.88. The average molecular weight is 272 g/mol. The van der Waals surface area contributed by atoms with Gasteiger partial charge in [-0.15, -0.1) is 0 Å². The summed E-state index contributed by atoms with van der Waals surface area (Å²) in [5.74, 6) is -0.276. The number of carbonyl (C=O) groups is 1. The second-order valence-corrected chi connectivity index (χ2v) is 5.51. The molecule has 0 aliphatic heterocycles. The van der Waals surface area contributed by atoms with Gasteiger partial charge in [-0.05, 0) is 37.3 Å². The van der Waals surface area contributed by atoms with Crippen molar-refractivity contribution >= 4 is 16.9 Å². The number of ether oxygens (including phenoxy) is 1. The number of H-pyrrole nitrogens is 1. The molecule has 1 aliphatic carbocycles. The third kappa shape index (κ3) is 2.70. The monoisotopic (exact) mass is 272 g/mol. The fraction of sp³-hybridized carbons (Fsp3) is 0.438. The molecule has 4 heteroatoms. The van der Waals surface area contributed by atoms with E-state index in [4.69, 9.17) is 10.5 Å². The topological polar surface area (TPSA) is 68.1 Å². The summed E-state index contributed by atoms with van der Waals surface area (Å²) in [7, 11) is 0. The van der Waals surface area contributed by atoms with E-state index in [0.29, 0.717) is 6.42 Å². The van der Waals surface area contributed by atoms with Crippen LogP contribution in [0.2, 0.25) is 0 Å². The molecular weight excluding hydrogens is 252 g/mol. The van der Waals surface area contributed by atoms with Crippen LogP contribution in [0.3, 0.4) is 0 Å². The van der Waals surface area contributed by atoms with E-state index >= 15 is 0 Å². The Bertz CT molecular complexity index is 599. The molecular formula is C16H20N2O2. The summed E-state index contributed by atoms with van der Waals surface area (Å²) >= 11 is 0. The van der Waals surface area contributed by atoms with E-state index in [-0.39, 0.29) is 12.1 Å². The summed E-state index contributed by atoms with van der Waals surface area (Å²) in [5.41, 5.74) is 8.12. The fourth-order valence-electron chi connectivity index (χ4n) is 2.88. The Kier molecular flexibility index (Phi) is 3.74. The molecule has 0 saturated heterocycles. The van der Waals surface area contributed by atoms with Crippen LogP contribution in [0, 0.1) is 0 Å². The first-order valence-corrected chi connectivity index (χ1v) is 7.25. The van der Waals surface area contributed by atoms with Gasteiger partial charge in [0.1, 0.15) is 12.1 Å². The number of esters is 1. The lowest BCUT2D eigenvalue weighted by Gasteiger charge is -2.15. The van der Waals surface area contributed by atoms with Crippen LogP contribution in [0.1, 0.15) is 31.2 Å². The molecule has 0 radical (unpaired) electrons. The van der Waals surface area contributed by atoms with Gasteiger partial charge in [-0.3, -0.25) is 4.79 Å². The number of carbonyl (C=O) groups excluding carboxylic acids is 1. The Morgan fingerprint density at radius 1 is 1.35 bits per heavy atom. The third-order valence-corrected chi connectivity index (χ3v) is 4.00. The van der Waals surface area contributed by atoms with Crippen LogP contribution < -0.4 is 5.73 Å². The highest BCUT2D eigenvalue weighted by Crippen LogP contribution is 2.22. The number of aromatic amines is 1. The van der Waals surface area contributed by atoms with Gasteiger partial charge < -0.3 is 15.5 Å². The molecule has 0 unspecified atom stereocenters. The van der Waals surface area contributed by atoms with Gasteiger partial charge in [0.15, 0.2) is 0 Å². The van der Waals surface area contributed by atoms with Crippen LogP contribution in [0.5, 0.6) is 0 Å². The lowest BCUT2D eigenvalue weighted by Crippen LogP contribution is -2.36. The zero-order chi connectivity index (χ0) is 13.9. The molecule has 1 heterocycles. The average Bonchev–Trinajstić information content (AvgIpc) is 3.09. The molecule has 106 valence electrons. The highest BCUT2D eigenvalue weighted by atomic mass is 16.5. The van der Waals surface area contributed by atoms with E-state index < -0.39 is 6.04 Å². The molecule has 2 aromatic rings. The Hall–Kier alpha value is -1.81. The summed E-state index contributed by atoms with van der Waals surface area (Å²) in [6.45, 7) is 0. The second-order valence-electron chi connectivity index (χ2n) is 5.51. The van der Waals surface area contributed by atoms with Gasteiger partial charge in [0, 0.05) is 23.5 Å². The Morgan fingerprint density at radius 3 is 2.90 bits per heavy atom. The number of para-hydroxylation sites is 1. The van der Waals surface area contributed by atoms with Crippen LogP contribution in [0.4, 0.5) is 0 Å². The number of fused-ring (bicyclic) bond motifs is 1.